The maximum absolute atomic E-state index is 12.8. The molecule has 0 unspecified atom stereocenters. The summed E-state index contributed by atoms with van der Waals surface area (Å²) in [6, 6.07) is 9.97. The fraction of sp³-hybridized carbons (Fsp3) is 0.692. The molecule has 0 N–H and O–H groups in total. The van der Waals surface area contributed by atoms with Crippen molar-refractivity contribution >= 4 is 11.9 Å². The van der Waals surface area contributed by atoms with Gasteiger partial charge in [-0.15, -0.1) is 0 Å². The minimum absolute atomic E-state index is 0.138. The van der Waals surface area contributed by atoms with Gasteiger partial charge in [0.1, 0.15) is 0 Å². The first-order chi connectivity index (χ1) is 14.7. The summed E-state index contributed by atoms with van der Waals surface area (Å²) in [4.78, 5) is 26.3. The van der Waals surface area contributed by atoms with Crippen molar-refractivity contribution in [3.05, 3.63) is 35.9 Å². The SMILES string of the molecule is CCCCCCCCCCCCCC(=O)N(CCC(=O)OCC)Cc1ccccc1. The molecule has 0 aromatic heterocycles. The third kappa shape index (κ3) is 13.4. The van der Waals surface area contributed by atoms with Gasteiger partial charge in [-0.05, 0) is 18.9 Å². The lowest BCUT2D eigenvalue weighted by Gasteiger charge is -2.22. The lowest BCUT2D eigenvalue weighted by atomic mass is 10.0. The molecular weight excluding hydrogens is 374 g/mol. The molecule has 0 aliphatic heterocycles. The van der Waals surface area contributed by atoms with E-state index in [1.807, 2.05) is 35.2 Å². The number of esters is 1. The normalized spacial score (nSPS) is 10.7. The van der Waals surface area contributed by atoms with E-state index in [1.165, 1.54) is 57.8 Å². The van der Waals surface area contributed by atoms with Crippen LogP contribution in [0.4, 0.5) is 0 Å². The highest BCUT2D eigenvalue weighted by atomic mass is 16.5. The van der Waals surface area contributed by atoms with Gasteiger partial charge in [-0.1, -0.05) is 101 Å². The van der Waals surface area contributed by atoms with E-state index in [0.29, 0.717) is 26.1 Å². The summed E-state index contributed by atoms with van der Waals surface area (Å²) in [5.74, 6) is -0.0999. The monoisotopic (exact) mass is 417 g/mol. The average molecular weight is 418 g/mol. The minimum atomic E-state index is -0.238. The molecule has 30 heavy (non-hydrogen) atoms. The zero-order valence-electron chi connectivity index (χ0n) is 19.4. The Morgan fingerprint density at radius 3 is 1.90 bits per heavy atom. The highest BCUT2D eigenvalue weighted by Crippen LogP contribution is 2.14. The molecule has 1 aromatic rings. The smallest absolute Gasteiger partial charge is 0.307 e. The van der Waals surface area contributed by atoms with E-state index in [-0.39, 0.29) is 18.3 Å². The van der Waals surface area contributed by atoms with Crippen molar-refractivity contribution in [2.24, 2.45) is 0 Å². The van der Waals surface area contributed by atoms with Crippen LogP contribution in [0.25, 0.3) is 0 Å². The van der Waals surface area contributed by atoms with Crippen molar-refractivity contribution in [2.75, 3.05) is 13.2 Å². The molecule has 0 spiro atoms. The van der Waals surface area contributed by atoms with E-state index in [1.54, 1.807) is 6.92 Å². The van der Waals surface area contributed by atoms with E-state index in [2.05, 4.69) is 6.92 Å². The summed E-state index contributed by atoms with van der Waals surface area (Å²) in [5.41, 5.74) is 1.09. The molecule has 170 valence electrons. The van der Waals surface area contributed by atoms with Gasteiger partial charge in [-0.25, -0.2) is 0 Å². The van der Waals surface area contributed by atoms with Crippen LogP contribution in [0.1, 0.15) is 103 Å². The Bertz CT molecular complexity index is 559. The molecule has 4 nitrogen and oxygen atoms in total. The molecule has 0 radical (unpaired) electrons. The predicted octanol–water partition coefficient (Wildman–Crippen LogP) is 6.67. The molecule has 1 amide bonds. The van der Waals surface area contributed by atoms with E-state index in [9.17, 15) is 9.59 Å². The van der Waals surface area contributed by atoms with E-state index in [4.69, 9.17) is 4.74 Å². The van der Waals surface area contributed by atoms with Crippen molar-refractivity contribution < 1.29 is 14.3 Å². The largest absolute Gasteiger partial charge is 0.466 e. The van der Waals surface area contributed by atoms with Gasteiger partial charge in [0.2, 0.25) is 5.91 Å². The first-order valence-corrected chi connectivity index (χ1v) is 12.1. The first-order valence-electron chi connectivity index (χ1n) is 12.1. The number of amides is 1. The lowest BCUT2D eigenvalue weighted by Crippen LogP contribution is -2.32. The Balaban J connectivity index is 2.25. The number of ether oxygens (including phenoxy) is 1. The first kappa shape index (κ1) is 26.2. The number of carbonyl (C=O) groups excluding carboxylic acids is 2. The summed E-state index contributed by atoms with van der Waals surface area (Å²) in [6.07, 6.45) is 14.8. The van der Waals surface area contributed by atoms with Gasteiger partial charge in [0.05, 0.1) is 13.0 Å². The Kier molecular flexibility index (Phi) is 15.7. The second-order valence-corrected chi connectivity index (χ2v) is 8.14. The van der Waals surface area contributed by atoms with Crippen LogP contribution in [0, 0.1) is 0 Å². The van der Waals surface area contributed by atoms with Crippen LogP contribution in [0.5, 0.6) is 0 Å². The molecule has 0 bridgehead atoms. The van der Waals surface area contributed by atoms with E-state index in [0.717, 1.165) is 18.4 Å². The maximum atomic E-state index is 12.8. The number of hydrogen-bond donors (Lipinski definition) is 0. The lowest BCUT2D eigenvalue weighted by molar-refractivity contribution is -0.144. The predicted molar refractivity (Wildman–Crippen MR) is 124 cm³/mol. The molecule has 0 saturated heterocycles. The van der Waals surface area contributed by atoms with Crippen LogP contribution in [0.3, 0.4) is 0 Å². The van der Waals surface area contributed by atoms with Crippen LogP contribution in [-0.2, 0) is 20.9 Å². The highest BCUT2D eigenvalue weighted by molar-refractivity contribution is 5.77. The number of benzene rings is 1. The van der Waals surface area contributed by atoms with Gasteiger partial charge in [-0.3, -0.25) is 9.59 Å². The zero-order chi connectivity index (χ0) is 21.9. The fourth-order valence-corrected chi connectivity index (χ4v) is 3.65. The van der Waals surface area contributed by atoms with Gasteiger partial charge >= 0.3 is 5.97 Å². The third-order valence-corrected chi connectivity index (χ3v) is 5.45. The molecule has 4 heteroatoms. The minimum Gasteiger partial charge on any atom is -0.466 e. The van der Waals surface area contributed by atoms with E-state index >= 15 is 0 Å². The summed E-state index contributed by atoms with van der Waals surface area (Å²) in [5, 5.41) is 0. The molecule has 0 aliphatic carbocycles. The van der Waals surface area contributed by atoms with Crippen molar-refractivity contribution in [1.29, 1.82) is 0 Å². The maximum Gasteiger partial charge on any atom is 0.307 e. The fourth-order valence-electron chi connectivity index (χ4n) is 3.65. The van der Waals surface area contributed by atoms with Crippen LogP contribution >= 0.6 is 0 Å². The van der Waals surface area contributed by atoms with Gasteiger partial charge in [0.25, 0.3) is 0 Å². The topological polar surface area (TPSA) is 46.6 Å². The second-order valence-electron chi connectivity index (χ2n) is 8.14. The summed E-state index contributed by atoms with van der Waals surface area (Å²) in [6.45, 7) is 5.41. The summed E-state index contributed by atoms with van der Waals surface area (Å²) >= 11 is 0. The molecule has 0 aliphatic rings. The molecule has 1 rings (SSSR count). The van der Waals surface area contributed by atoms with Gasteiger partial charge < -0.3 is 9.64 Å². The van der Waals surface area contributed by atoms with Crippen LogP contribution in [-0.4, -0.2) is 29.9 Å². The molecular formula is C26H43NO3. The zero-order valence-corrected chi connectivity index (χ0v) is 19.4. The average Bonchev–Trinajstić information content (AvgIpc) is 2.75. The number of nitrogens with zero attached hydrogens (tertiary/aromatic N) is 1. The molecule has 0 saturated carbocycles. The molecule has 0 heterocycles. The number of rotatable bonds is 18. The van der Waals surface area contributed by atoms with E-state index < -0.39 is 0 Å². The molecule has 0 atom stereocenters. The van der Waals surface area contributed by atoms with Crippen molar-refractivity contribution in [3.8, 4) is 0 Å². The molecule has 1 aromatic carbocycles. The number of unbranched alkanes of at least 4 members (excludes halogenated alkanes) is 10. The number of hydrogen-bond acceptors (Lipinski definition) is 3. The summed E-state index contributed by atoms with van der Waals surface area (Å²) in [7, 11) is 0. The van der Waals surface area contributed by atoms with Gasteiger partial charge in [0, 0.05) is 19.5 Å². The Morgan fingerprint density at radius 1 is 0.767 bits per heavy atom. The Morgan fingerprint density at radius 2 is 1.33 bits per heavy atom. The standard InChI is InChI=1S/C26H43NO3/c1-3-5-6-7-8-9-10-11-12-13-17-20-25(28)27(22-21-26(29)30-4-2)23-24-18-15-14-16-19-24/h14-16,18-19H,3-13,17,20-23H2,1-2H3. The highest BCUT2D eigenvalue weighted by Gasteiger charge is 2.15. The third-order valence-electron chi connectivity index (χ3n) is 5.45. The van der Waals surface area contributed by atoms with Crippen LogP contribution in [0.2, 0.25) is 0 Å². The van der Waals surface area contributed by atoms with Crippen LogP contribution in [0.15, 0.2) is 30.3 Å². The van der Waals surface area contributed by atoms with Gasteiger partial charge in [0.15, 0.2) is 0 Å². The van der Waals surface area contributed by atoms with Gasteiger partial charge in [-0.2, -0.15) is 0 Å². The quantitative estimate of drug-likeness (QED) is 0.198. The van der Waals surface area contributed by atoms with Crippen LogP contribution < -0.4 is 0 Å². The Labute approximate surface area is 184 Å². The summed E-state index contributed by atoms with van der Waals surface area (Å²) < 4.78 is 5.02. The second kappa shape index (κ2) is 18.0. The van der Waals surface area contributed by atoms with Crippen molar-refractivity contribution in [2.45, 2.75) is 104 Å². The van der Waals surface area contributed by atoms with Crippen molar-refractivity contribution in [3.63, 3.8) is 0 Å². The molecule has 0 fully saturated rings. The number of carbonyl (C=O) groups is 2. The Hall–Kier alpha value is -1.84. The van der Waals surface area contributed by atoms with Crippen molar-refractivity contribution in [1.82, 2.24) is 4.90 Å².